The first kappa shape index (κ1) is 15.9. The van der Waals surface area contributed by atoms with Gasteiger partial charge in [-0.25, -0.2) is 4.39 Å². The van der Waals surface area contributed by atoms with Crippen LogP contribution in [0, 0.1) is 5.82 Å². The van der Waals surface area contributed by atoms with Gasteiger partial charge in [0.25, 0.3) is 5.91 Å². The van der Waals surface area contributed by atoms with Crippen LogP contribution >= 0.6 is 35.6 Å². The van der Waals surface area contributed by atoms with E-state index in [1.807, 2.05) is 0 Å². The topological polar surface area (TPSA) is 29.5 Å². The second-order valence-corrected chi connectivity index (χ2v) is 7.15. The maximum absolute atomic E-state index is 13.8. The number of carbonyl (C=O) groups excluding carboxylic acids is 1. The molecule has 0 N–H and O–H groups in total. The van der Waals surface area contributed by atoms with Crippen molar-refractivity contribution in [2.45, 2.75) is 18.9 Å². The zero-order valence-corrected chi connectivity index (χ0v) is 13.9. The molecule has 2 heterocycles. The summed E-state index contributed by atoms with van der Waals surface area (Å²) in [5.74, 6) is -0.679. The summed E-state index contributed by atoms with van der Waals surface area (Å²) in [6.07, 6.45) is 3.42. The van der Waals surface area contributed by atoms with Gasteiger partial charge in [0.1, 0.15) is 10.1 Å². The molecular weight excluding hydrogens is 345 g/mol. The van der Waals surface area contributed by atoms with E-state index in [0.29, 0.717) is 15.8 Å². The summed E-state index contributed by atoms with van der Waals surface area (Å²) in [6.45, 7) is 1.17. The van der Waals surface area contributed by atoms with E-state index < -0.39 is 5.82 Å². The van der Waals surface area contributed by atoms with Gasteiger partial charge in [-0.2, -0.15) is 0 Å². The lowest BCUT2D eigenvalue weighted by molar-refractivity contribution is -0.123. The number of benzene rings is 1. The molecule has 3 nitrogen and oxygen atoms in total. The van der Waals surface area contributed by atoms with Gasteiger partial charge >= 0.3 is 0 Å². The minimum atomic E-state index is -0.461. The summed E-state index contributed by atoms with van der Waals surface area (Å²) in [7, 11) is 0. The monoisotopic (exact) mass is 357 g/mol. The van der Waals surface area contributed by atoms with Gasteiger partial charge in [0.2, 0.25) is 0 Å². The molecule has 0 aliphatic carbocycles. The molecule has 2 saturated heterocycles. The molecular formula is C15H13ClFNO2S2. The Morgan fingerprint density at radius 1 is 1.55 bits per heavy atom. The molecule has 1 aromatic rings. The van der Waals surface area contributed by atoms with Gasteiger partial charge in [-0.15, -0.1) is 0 Å². The molecule has 1 aromatic carbocycles. The maximum Gasteiger partial charge on any atom is 0.266 e. The van der Waals surface area contributed by atoms with Crippen LogP contribution in [0.5, 0.6) is 0 Å². The molecule has 0 saturated carbocycles. The fraction of sp³-hybridized carbons (Fsp3) is 0.333. The van der Waals surface area contributed by atoms with Gasteiger partial charge in [0, 0.05) is 12.2 Å². The molecule has 0 radical (unpaired) electrons. The Morgan fingerprint density at radius 3 is 3.05 bits per heavy atom. The highest BCUT2D eigenvalue weighted by Gasteiger charge is 2.34. The predicted octanol–water partition coefficient (Wildman–Crippen LogP) is 3.86. The Morgan fingerprint density at radius 2 is 2.36 bits per heavy atom. The smallest absolute Gasteiger partial charge is 0.266 e. The van der Waals surface area contributed by atoms with Crippen LogP contribution < -0.4 is 0 Å². The highest BCUT2D eigenvalue weighted by molar-refractivity contribution is 8.26. The van der Waals surface area contributed by atoms with E-state index in [-0.39, 0.29) is 22.6 Å². The minimum Gasteiger partial charge on any atom is -0.376 e. The van der Waals surface area contributed by atoms with Crippen LogP contribution in [0.1, 0.15) is 18.4 Å². The number of halogens is 2. The number of hydrogen-bond acceptors (Lipinski definition) is 4. The van der Waals surface area contributed by atoms with E-state index in [2.05, 4.69) is 0 Å². The molecule has 2 aliphatic heterocycles. The van der Waals surface area contributed by atoms with E-state index in [1.165, 1.54) is 34.9 Å². The van der Waals surface area contributed by atoms with Crippen LogP contribution in [0.25, 0.3) is 6.08 Å². The fourth-order valence-corrected chi connectivity index (χ4v) is 3.90. The number of amides is 1. The van der Waals surface area contributed by atoms with Crippen molar-refractivity contribution in [2.24, 2.45) is 0 Å². The molecule has 7 heteroatoms. The second-order valence-electron chi connectivity index (χ2n) is 5.06. The summed E-state index contributed by atoms with van der Waals surface area (Å²) in [5, 5.41) is 0.268. The van der Waals surface area contributed by atoms with Crippen molar-refractivity contribution in [2.75, 3.05) is 13.2 Å². The molecule has 1 amide bonds. The van der Waals surface area contributed by atoms with E-state index in [0.717, 1.165) is 19.4 Å². The standard InChI is InChI=1S/C15H13ClFNO2S2/c16-11-4-1-5-12(17)10(11)7-13-14(19)18(15(21)22-13)8-9-3-2-6-20-9/h1,4-5,7,9H,2-3,6,8H2/b13-7-/t9-/m0/s1. The van der Waals surface area contributed by atoms with Crippen LogP contribution in [0.3, 0.4) is 0 Å². The first-order valence-electron chi connectivity index (χ1n) is 6.87. The molecule has 2 fully saturated rings. The van der Waals surface area contributed by atoms with Crippen LogP contribution in [0.4, 0.5) is 4.39 Å². The average molecular weight is 358 g/mol. The first-order chi connectivity index (χ1) is 10.6. The van der Waals surface area contributed by atoms with Crippen molar-refractivity contribution in [3.63, 3.8) is 0 Å². The minimum absolute atomic E-state index is 0.0268. The quantitative estimate of drug-likeness (QED) is 0.607. The second kappa shape index (κ2) is 6.66. The third-order valence-electron chi connectivity index (χ3n) is 3.56. The lowest BCUT2D eigenvalue weighted by Crippen LogP contribution is -2.35. The molecule has 0 spiro atoms. The lowest BCUT2D eigenvalue weighted by atomic mass is 10.2. The van der Waals surface area contributed by atoms with Gasteiger partial charge in [-0.05, 0) is 31.1 Å². The van der Waals surface area contributed by atoms with Gasteiger partial charge in [0.15, 0.2) is 0 Å². The van der Waals surface area contributed by atoms with Crippen molar-refractivity contribution in [3.8, 4) is 0 Å². The molecule has 22 heavy (non-hydrogen) atoms. The molecule has 0 bridgehead atoms. The van der Waals surface area contributed by atoms with Gasteiger partial charge in [0.05, 0.1) is 22.6 Å². The Balaban J connectivity index is 1.82. The normalized spacial score (nSPS) is 23.8. The van der Waals surface area contributed by atoms with E-state index in [1.54, 1.807) is 6.07 Å². The van der Waals surface area contributed by atoms with Crippen molar-refractivity contribution in [1.29, 1.82) is 0 Å². The van der Waals surface area contributed by atoms with Crippen LogP contribution in [-0.4, -0.2) is 34.4 Å². The number of carbonyl (C=O) groups is 1. The summed E-state index contributed by atoms with van der Waals surface area (Å²) in [4.78, 5) is 14.4. The number of nitrogens with zero attached hydrogens (tertiary/aromatic N) is 1. The SMILES string of the molecule is O=C1/C(=C/c2c(F)cccc2Cl)SC(=S)N1C[C@@H]1CCCO1. The average Bonchev–Trinajstić information content (AvgIpc) is 3.07. The molecule has 3 rings (SSSR count). The highest BCUT2D eigenvalue weighted by atomic mass is 35.5. The zero-order valence-electron chi connectivity index (χ0n) is 11.6. The Bertz CT molecular complexity index is 639. The molecule has 0 unspecified atom stereocenters. The van der Waals surface area contributed by atoms with Crippen LogP contribution in [0.15, 0.2) is 23.1 Å². The predicted molar refractivity (Wildman–Crippen MR) is 90.3 cm³/mol. The van der Waals surface area contributed by atoms with Crippen molar-refractivity contribution >= 4 is 51.9 Å². The fourth-order valence-electron chi connectivity index (χ4n) is 2.43. The van der Waals surface area contributed by atoms with E-state index in [9.17, 15) is 9.18 Å². The summed E-state index contributed by atoms with van der Waals surface area (Å²) < 4.78 is 19.8. The van der Waals surface area contributed by atoms with E-state index >= 15 is 0 Å². The van der Waals surface area contributed by atoms with Gasteiger partial charge in [-0.1, -0.05) is 41.6 Å². The van der Waals surface area contributed by atoms with Crippen molar-refractivity contribution in [3.05, 3.63) is 39.5 Å². The van der Waals surface area contributed by atoms with E-state index in [4.69, 9.17) is 28.6 Å². The van der Waals surface area contributed by atoms with Gasteiger partial charge in [-0.3, -0.25) is 9.69 Å². The number of thioether (sulfide) groups is 1. The molecule has 1 atom stereocenters. The number of thiocarbonyl (C=S) groups is 1. The highest BCUT2D eigenvalue weighted by Crippen LogP contribution is 2.35. The summed E-state index contributed by atoms with van der Waals surface area (Å²) in [6, 6.07) is 4.42. The number of ether oxygens (including phenoxy) is 1. The Labute approximate surface area is 142 Å². The Kier molecular flexibility index (Phi) is 4.82. The third-order valence-corrected chi connectivity index (χ3v) is 5.27. The maximum atomic E-state index is 13.8. The molecule has 2 aliphatic rings. The number of hydrogen-bond donors (Lipinski definition) is 0. The van der Waals surface area contributed by atoms with Crippen molar-refractivity contribution in [1.82, 2.24) is 4.90 Å². The van der Waals surface area contributed by atoms with Gasteiger partial charge < -0.3 is 4.74 Å². The first-order valence-corrected chi connectivity index (χ1v) is 8.47. The van der Waals surface area contributed by atoms with Crippen LogP contribution in [0.2, 0.25) is 5.02 Å². The summed E-state index contributed by atoms with van der Waals surface area (Å²) in [5.41, 5.74) is 0.210. The summed E-state index contributed by atoms with van der Waals surface area (Å²) >= 11 is 12.4. The molecule has 116 valence electrons. The number of rotatable bonds is 3. The zero-order chi connectivity index (χ0) is 15.7. The van der Waals surface area contributed by atoms with Crippen LogP contribution in [-0.2, 0) is 9.53 Å². The largest absolute Gasteiger partial charge is 0.376 e. The third kappa shape index (κ3) is 3.20. The molecule has 0 aromatic heterocycles. The van der Waals surface area contributed by atoms with Crippen molar-refractivity contribution < 1.29 is 13.9 Å². The Hall–Kier alpha value is -0.950. The lowest BCUT2D eigenvalue weighted by Gasteiger charge is -2.18.